The summed E-state index contributed by atoms with van der Waals surface area (Å²) in [5.41, 5.74) is 1.08. The number of thiophene rings is 1. The van der Waals surface area contributed by atoms with Gasteiger partial charge in [0.2, 0.25) is 0 Å². The van der Waals surface area contributed by atoms with E-state index in [9.17, 15) is 4.79 Å². The number of rotatable bonds is 4. The van der Waals surface area contributed by atoms with Gasteiger partial charge in [-0.15, -0.1) is 11.3 Å². The Morgan fingerprint density at radius 1 is 1.25 bits per heavy atom. The number of amides is 1. The maximum absolute atomic E-state index is 11.6. The first-order valence-corrected chi connectivity index (χ1v) is 7.11. The number of para-hydroxylation sites is 1. The molecule has 0 fully saturated rings. The molecule has 0 aliphatic carbocycles. The minimum atomic E-state index is -0.0888. The first kappa shape index (κ1) is 14.2. The van der Waals surface area contributed by atoms with E-state index in [1.54, 1.807) is 6.07 Å². The number of benzene rings is 1. The molecule has 0 radical (unpaired) electrons. The predicted octanol–water partition coefficient (Wildman–Crippen LogP) is 2.87. The van der Waals surface area contributed by atoms with Gasteiger partial charge >= 0.3 is 0 Å². The Bertz CT molecular complexity index is 623. The second-order valence-electron chi connectivity index (χ2n) is 4.07. The molecule has 0 bridgehead atoms. The largest absolute Gasteiger partial charge is 0.481 e. The maximum atomic E-state index is 11.6. The third-order valence-corrected chi connectivity index (χ3v) is 3.47. The van der Waals surface area contributed by atoms with Gasteiger partial charge in [-0.05, 0) is 30.0 Å². The molecule has 1 amide bonds. The van der Waals surface area contributed by atoms with Gasteiger partial charge < -0.3 is 10.1 Å². The lowest BCUT2D eigenvalue weighted by Crippen LogP contribution is -2.22. The van der Waals surface area contributed by atoms with E-state index >= 15 is 0 Å². The summed E-state index contributed by atoms with van der Waals surface area (Å²) in [5.74, 6) is 6.49. The van der Waals surface area contributed by atoms with E-state index in [0.29, 0.717) is 18.0 Å². The lowest BCUT2D eigenvalue weighted by atomic mass is 10.2. The van der Waals surface area contributed by atoms with Gasteiger partial charge in [0.1, 0.15) is 12.4 Å². The summed E-state index contributed by atoms with van der Waals surface area (Å²) < 4.78 is 5.53. The topological polar surface area (TPSA) is 38.3 Å². The highest BCUT2D eigenvalue weighted by Crippen LogP contribution is 2.15. The van der Waals surface area contributed by atoms with Crippen LogP contribution in [-0.4, -0.2) is 19.1 Å². The number of hydrogen-bond acceptors (Lipinski definition) is 3. The van der Waals surface area contributed by atoms with E-state index in [-0.39, 0.29) is 5.91 Å². The second-order valence-corrected chi connectivity index (χ2v) is 5.02. The van der Waals surface area contributed by atoms with E-state index in [2.05, 4.69) is 17.2 Å². The summed E-state index contributed by atoms with van der Waals surface area (Å²) in [6.07, 6.45) is 0. The molecule has 0 aliphatic rings. The number of aryl methyl sites for hydroxylation is 1. The zero-order valence-electron chi connectivity index (χ0n) is 11.2. The lowest BCUT2D eigenvalue weighted by molar-refractivity contribution is 0.0962. The molecule has 1 heterocycles. The highest BCUT2D eigenvalue weighted by atomic mass is 32.1. The van der Waals surface area contributed by atoms with Crippen molar-refractivity contribution in [2.45, 2.75) is 6.92 Å². The van der Waals surface area contributed by atoms with E-state index in [1.807, 2.05) is 42.6 Å². The third-order valence-electron chi connectivity index (χ3n) is 2.60. The molecule has 1 aromatic heterocycles. The van der Waals surface area contributed by atoms with Crippen LogP contribution in [0.3, 0.4) is 0 Å². The van der Waals surface area contributed by atoms with Crippen LogP contribution in [0.25, 0.3) is 0 Å². The average molecular weight is 285 g/mol. The molecule has 2 rings (SSSR count). The van der Waals surface area contributed by atoms with Crippen LogP contribution in [0.15, 0.2) is 41.8 Å². The maximum Gasteiger partial charge on any atom is 0.262 e. The van der Waals surface area contributed by atoms with Crippen LogP contribution in [0.2, 0.25) is 0 Å². The molecule has 1 aromatic carbocycles. The smallest absolute Gasteiger partial charge is 0.262 e. The van der Waals surface area contributed by atoms with Crippen molar-refractivity contribution in [3.63, 3.8) is 0 Å². The van der Waals surface area contributed by atoms with Crippen LogP contribution in [0.5, 0.6) is 5.75 Å². The molecule has 3 nitrogen and oxygen atoms in total. The Hall–Kier alpha value is -2.25. The van der Waals surface area contributed by atoms with Crippen LogP contribution in [0, 0.1) is 18.8 Å². The fraction of sp³-hybridized carbons (Fsp3) is 0.188. The van der Waals surface area contributed by atoms with E-state index in [0.717, 1.165) is 11.3 Å². The Labute approximate surface area is 122 Å². The van der Waals surface area contributed by atoms with Crippen LogP contribution < -0.4 is 10.1 Å². The highest BCUT2D eigenvalue weighted by molar-refractivity contribution is 7.12. The average Bonchev–Trinajstić information content (AvgIpc) is 2.98. The number of nitrogens with one attached hydrogen (secondary N) is 1. The van der Waals surface area contributed by atoms with Crippen LogP contribution in [0.4, 0.5) is 0 Å². The minimum Gasteiger partial charge on any atom is -0.481 e. The molecule has 0 atom stereocenters. The van der Waals surface area contributed by atoms with Crippen LogP contribution in [0.1, 0.15) is 15.2 Å². The molecule has 4 heteroatoms. The molecule has 102 valence electrons. The lowest BCUT2D eigenvalue weighted by Gasteiger charge is -2.04. The van der Waals surface area contributed by atoms with Gasteiger partial charge in [0.15, 0.2) is 0 Å². The molecule has 20 heavy (non-hydrogen) atoms. The van der Waals surface area contributed by atoms with Crippen molar-refractivity contribution in [1.82, 2.24) is 5.32 Å². The van der Waals surface area contributed by atoms with Gasteiger partial charge in [-0.25, -0.2) is 0 Å². The number of hydrogen-bond donors (Lipinski definition) is 1. The van der Waals surface area contributed by atoms with Crippen LogP contribution >= 0.6 is 11.3 Å². The van der Waals surface area contributed by atoms with Gasteiger partial charge in [0.25, 0.3) is 5.91 Å². The standard InChI is InChI=1S/C16H15NO2S/c1-13-7-2-3-8-14(13)19-11-5-4-10-17-16(18)15-9-6-12-20-15/h2-3,6-9,12H,10-11H2,1H3,(H,17,18). The fourth-order valence-corrected chi connectivity index (χ4v) is 2.21. The SMILES string of the molecule is Cc1ccccc1OCC#CCNC(=O)c1cccs1. The summed E-state index contributed by atoms with van der Waals surface area (Å²) in [4.78, 5) is 12.3. The van der Waals surface area contributed by atoms with Crippen molar-refractivity contribution in [3.8, 4) is 17.6 Å². The summed E-state index contributed by atoms with van der Waals surface area (Å²) in [7, 11) is 0. The molecular weight excluding hydrogens is 270 g/mol. The highest BCUT2D eigenvalue weighted by Gasteiger charge is 2.03. The van der Waals surface area contributed by atoms with Gasteiger partial charge in [-0.2, -0.15) is 0 Å². The number of carbonyl (C=O) groups is 1. The molecule has 0 spiro atoms. The van der Waals surface area contributed by atoms with Gasteiger partial charge in [-0.3, -0.25) is 4.79 Å². The van der Waals surface area contributed by atoms with Crippen molar-refractivity contribution in [1.29, 1.82) is 0 Å². The molecule has 0 unspecified atom stereocenters. The van der Waals surface area contributed by atoms with Crippen molar-refractivity contribution in [2.75, 3.05) is 13.2 Å². The Kier molecular flexibility index (Phi) is 5.22. The molecule has 0 saturated heterocycles. The van der Waals surface area contributed by atoms with Crippen molar-refractivity contribution >= 4 is 17.2 Å². The minimum absolute atomic E-state index is 0.0888. The van der Waals surface area contributed by atoms with Crippen molar-refractivity contribution < 1.29 is 9.53 Å². The van der Waals surface area contributed by atoms with E-state index in [1.165, 1.54) is 11.3 Å². The Morgan fingerprint density at radius 3 is 2.85 bits per heavy atom. The van der Waals surface area contributed by atoms with Crippen molar-refractivity contribution in [2.24, 2.45) is 0 Å². The molecule has 0 aliphatic heterocycles. The molecule has 0 saturated carbocycles. The van der Waals surface area contributed by atoms with Crippen molar-refractivity contribution in [3.05, 3.63) is 52.2 Å². The monoisotopic (exact) mass is 285 g/mol. The molecular formula is C16H15NO2S. The van der Waals surface area contributed by atoms with Gasteiger partial charge in [0.05, 0.1) is 11.4 Å². The summed E-state index contributed by atoms with van der Waals surface area (Å²) >= 11 is 1.41. The zero-order valence-corrected chi connectivity index (χ0v) is 12.0. The Balaban J connectivity index is 1.71. The molecule has 1 N–H and O–H groups in total. The zero-order chi connectivity index (χ0) is 14.2. The van der Waals surface area contributed by atoms with E-state index in [4.69, 9.17) is 4.74 Å². The number of ether oxygens (including phenoxy) is 1. The summed E-state index contributed by atoms with van der Waals surface area (Å²) in [5, 5.41) is 4.61. The van der Waals surface area contributed by atoms with Gasteiger partial charge in [-0.1, -0.05) is 36.1 Å². The quantitative estimate of drug-likeness (QED) is 0.877. The van der Waals surface area contributed by atoms with Gasteiger partial charge in [0, 0.05) is 0 Å². The third kappa shape index (κ3) is 4.15. The Morgan fingerprint density at radius 2 is 2.10 bits per heavy atom. The molecule has 2 aromatic rings. The summed E-state index contributed by atoms with van der Waals surface area (Å²) in [6, 6.07) is 11.4. The van der Waals surface area contributed by atoms with E-state index < -0.39 is 0 Å². The summed E-state index contributed by atoms with van der Waals surface area (Å²) in [6.45, 7) is 2.64. The first-order chi connectivity index (χ1) is 9.77. The van der Waals surface area contributed by atoms with Crippen LogP contribution in [-0.2, 0) is 0 Å². The first-order valence-electron chi connectivity index (χ1n) is 6.23. The normalized spacial score (nSPS) is 9.45. The number of carbonyl (C=O) groups excluding carboxylic acids is 1. The fourth-order valence-electron chi connectivity index (χ4n) is 1.57. The second kappa shape index (κ2) is 7.37. The predicted molar refractivity (Wildman–Crippen MR) is 81.1 cm³/mol.